The molecule has 6 nitrogen and oxygen atoms in total. The van der Waals surface area contributed by atoms with Gasteiger partial charge in [-0.25, -0.2) is 4.79 Å². The lowest BCUT2D eigenvalue weighted by Crippen LogP contribution is -2.53. The molecule has 0 aromatic rings. The second kappa shape index (κ2) is 5.00. The fourth-order valence-corrected chi connectivity index (χ4v) is 2.39. The van der Waals surface area contributed by atoms with Gasteiger partial charge in [0.05, 0.1) is 19.3 Å². The fourth-order valence-electron chi connectivity index (χ4n) is 2.39. The van der Waals surface area contributed by atoms with Crippen molar-refractivity contribution in [1.82, 2.24) is 10.6 Å². The van der Waals surface area contributed by atoms with Crippen molar-refractivity contribution in [1.29, 1.82) is 0 Å². The monoisotopic (exact) mass is 270 g/mol. The fraction of sp³-hybridized carbons (Fsp3) is 0.846. The Morgan fingerprint density at radius 1 is 1.42 bits per heavy atom. The highest BCUT2D eigenvalue weighted by Gasteiger charge is 2.47. The third-order valence-corrected chi connectivity index (χ3v) is 4.58. The molecule has 2 fully saturated rings. The predicted molar refractivity (Wildman–Crippen MR) is 68.8 cm³/mol. The number of hydrogen-bond donors (Lipinski definition) is 3. The van der Waals surface area contributed by atoms with Crippen LogP contribution >= 0.6 is 0 Å². The Labute approximate surface area is 112 Å². The van der Waals surface area contributed by atoms with Gasteiger partial charge in [0.25, 0.3) is 0 Å². The van der Waals surface area contributed by atoms with Crippen LogP contribution in [0, 0.1) is 10.8 Å². The summed E-state index contributed by atoms with van der Waals surface area (Å²) in [6.45, 7) is 4.76. The molecule has 0 spiro atoms. The summed E-state index contributed by atoms with van der Waals surface area (Å²) in [5.41, 5.74) is -0.765. The molecule has 0 radical (unpaired) electrons. The smallest absolute Gasteiger partial charge is 0.315 e. The number of carboxylic acid groups (broad SMARTS) is 1. The molecule has 1 saturated heterocycles. The predicted octanol–water partition coefficient (Wildman–Crippen LogP) is 0.965. The Morgan fingerprint density at radius 3 is 2.63 bits per heavy atom. The first kappa shape index (κ1) is 14.1. The number of ether oxygens (including phenoxy) is 1. The van der Waals surface area contributed by atoms with E-state index >= 15 is 0 Å². The van der Waals surface area contributed by atoms with Crippen molar-refractivity contribution < 1.29 is 19.4 Å². The average Bonchev–Trinajstić information content (AvgIpc) is 3.07. The summed E-state index contributed by atoms with van der Waals surface area (Å²) in [5.74, 6) is -0.942. The quantitative estimate of drug-likeness (QED) is 0.694. The maximum Gasteiger partial charge on any atom is 0.315 e. The molecule has 3 N–H and O–H groups in total. The van der Waals surface area contributed by atoms with E-state index in [0.29, 0.717) is 6.54 Å². The number of rotatable bonds is 5. The van der Waals surface area contributed by atoms with Crippen molar-refractivity contribution in [2.24, 2.45) is 10.8 Å². The molecule has 108 valence electrons. The average molecular weight is 270 g/mol. The van der Waals surface area contributed by atoms with Crippen LogP contribution < -0.4 is 10.6 Å². The summed E-state index contributed by atoms with van der Waals surface area (Å²) in [7, 11) is 0. The van der Waals surface area contributed by atoms with Crippen LogP contribution in [0.15, 0.2) is 0 Å². The zero-order valence-electron chi connectivity index (χ0n) is 11.5. The van der Waals surface area contributed by atoms with E-state index in [0.717, 1.165) is 19.3 Å². The van der Waals surface area contributed by atoms with Crippen LogP contribution in [-0.2, 0) is 9.53 Å². The van der Waals surface area contributed by atoms with Crippen molar-refractivity contribution in [2.45, 2.75) is 39.2 Å². The molecule has 19 heavy (non-hydrogen) atoms. The summed E-state index contributed by atoms with van der Waals surface area (Å²) in [4.78, 5) is 23.1. The van der Waals surface area contributed by atoms with Gasteiger partial charge in [0.2, 0.25) is 0 Å². The largest absolute Gasteiger partial charge is 0.481 e. The van der Waals surface area contributed by atoms with Gasteiger partial charge >= 0.3 is 12.0 Å². The molecular formula is C13H22N2O4. The highest BCUT2D eigenvalue weighted by molar-refractivity contribution is 5.79. The van der Waals surface area contributed by atoms with Crippen molar-refractivity contribution in [3.05, 3.63) is 0 Å². The van der Waals surface area contributed by atoms with Crippen LogP contribution in [0.1, 0.15) is 33.1 Å². The van der Waals surface area contributed by atoms with E-state index < -0.39 is 17.4 Å². The highest BCUT2D eigenvalue weighted by atomic mass is 16.5. The van der Waals surface area contributed by atoms with Crippen LogP contribution in [0.5, 0.6) is 0 Å². The topological polar surface area (TPSA) is 87.7 Å². The van der Waals surface area contributed by atoms with Crippen LogP contribution in [-0.4, -0.2) is 42.9 Å². The molecule has 2 rings (SSSR count). The van der Waals surface area contributed by atoms with E-state index in [1.165, 1.54) is 0 Å². The number of carbonyl (C=O) groups is 2. The zero-order valence-corrected chi connectivity index (χ0v) is 11.5. The van der Waals surface area contributed by atoms with E-state index in [1.54, 1.807) is 6.92 Å². The minimum Gasteiger partial charge on any atom is -0.481 e. The molecule has 1 saturated carbocycles. The number of urea groups is 1. The molecule has 0 aromatic carbocycles. The molecular weight excluding hydrogens is 248 g/mol. The van der Waals surface area contributed by atoms with Gasteiger partial charge in [0, 0.05) is 6.54 Å². The summed E-state index contributed by atoms with van der Waals surface area (Å²) >= 11 is 0. The Balaban J connectivity index is 1.83. The van der Waals surface area contributed by atoms with Gasteiger partial charge in [-0.2, -0.15) is 0 Å². The van der Waals surface area contributed by atoms with Crippen LogP contribution in [0.3, 0.4) is 0 Å². The van der Waals surface area contributed by atoms with Crippen molar-refractivity contribution in [2.75, 3.05) is 19.8 Å². The van der Waals surface area contributed by atoms with Gasteiger partial charge in [-0.1, -0.05) is 6.92 Å². The molecule has 6 heteroatoms. The van der Waals surface area contributed by atoms with Gasteiger partial charge in [-0.15, -0.1) is 0 Å². The lowest BCUT2D eigenvalue weighted by molar-refractivity contribution is -0.148. The van der Waals surface area contributed by atoms with Crippen molar-refractivity contribution >= 4 is 12.0 Å². The van der Waals surface area contributed by atoms with Crippen molar-refractivity contribution in [3.8, 4) is 0 Å². The summed E-state index contributed by atoms with van der Waals surface area (Å²) in [5, 5.41) is 14.8. The maximum atomic E-state index is 11.8. The van der Waals surface area contributed by atoms with E-state index in [4.69, 9.17) is 4.74 Å². The second-order valence-corrected chi connectivity index (χ2v) is 5.97. The van der Waals surface area contributed by atoms with Gasteiger partial charge in [0.1, 0.15) is 5.41 Å². The summed E-state index contributed by atoms with van der Waals surface area (Å²) in [6, 6.07) is -0.788. The van der Waals surface area contributed by atoms with Crippen LogP contribution in [0.2, 0.25) is 0 Å². The van der Waals surface area contributed by atoms with Crippen LogP contribution in [0.4, 0.5) is 4.79 Å². The Morgan fingerprint density at radius 2 is 2.11 bits per heavy atom. The standard InChI is InChI=1S/C13H22N2O4/c1-3-13(4-5-13)7-14-11(18)15-9-6-19-8-12(9,2)10(16)17/h9H,3-8H2,1-2H3,(H,16,17)(H2,14,15,18). The third kappa shape index (κ3) is 2.83. The number of aliphatic carboxylic acids is 1. The number of amides is 2. The molecule has 1 aliphatic heterocycles. The second-order valence-electron chi connectivity index (χ2n) is 5.97. The Hall–Kier alpha value is -1.30. The first-order valence-corrected chi connectivity index (χ1v) is 6.77. The molecule has 1 aliphatic carbocycles. The third-order valence-electron chi connectivity index (χ3n) is 4.58. The SMILES string of the molecule is CCC1(CNC(=O)NC2COCC2(C)C(=O)O)CC1. The zero-order chi connectivity index (χ0) is 14.1. The number of nitrogens with one attached hydrogen (secondary N) is 2. The molecule has 2 amide bonds. The molecule has 0 aromatic heterocycles. The first-order valence-electron chi connectivity index (χ1n) is 6.77. The van der Waals surface area contributed by atoms with Gasteiger partial charge in [-0.3, -0.25) is 4.79 Å². The lowest BCUT2D eigenvalue weighted by Gasteiger charge is -2.26. The minimum atomic E-state index is -1.04. The highest BCUT2D eigenvalue weighted by Crippen LogP contribution is 2.47. The molecule has 1 heterocycles. The maximum absolute atomic E-state index is 11.8. The van der Waals surface area contributed by atoms with E-state index in [2.05, 4.69) is 17.6 Å². The number of hydrogen-bond acceptors (Lipinski definition) is 3. The Bertz CT molecular complexity index is 381. The molecule has 2 aliphatic rings. The number of carboxylic acids is 1. The van der Waals surface area contributed by atoms with Crippen LogP contribution in [0.25, 0.3) is 0 Å². The lowest BCUT2D eigenvalue weighted by atomic mass is 9.85. The summed E-state index contributed by atoms with van der Waals surface area (Å²) in [6.07, 6.45) is 3.37. The Kier molecular flexibility index (Phi) is 3.71. The van der Waals surface area contributed by atoms with E-state index in [1.807, 2.05) is 0 Å². The molecule has 2 unspecified atom stereocenters. The molecule has 2 atom stereocenters. The van der Waals surface area contributed by atoms with Crippen molar-refractivity contribution in [3.63, 3.8) is 0 Å². The first-order chi connectivity index (χ1) is 8.92. The van der Waals surface area contributed by atoms with Gasteiger partial charge in [0.15, 0.2) is 0 Å². The van der Waals surface area contributed by atoms with E-state index in [9.17, 15) is 14.7 Å². The minimum absolute atomic E-state index is 0.131. The normalized spacial score (nSPS) is 31.8. The van der Waals surface area contributed by atoms with Gasteiger partial charge < -0.3 is 20.5 Å². The number of carbonyl (C=O) groups excluding carboxylic acids is 1. The van der Waals surface area contributed by atoms with E-state index in [-0.39, 0.29) is 24.7 Å². The summed E-state index contributed by atoms with van der Waals surface area (Å²) < 4.78 is 5.19. The molecule has 0 bridgehead atoms. The van der Waals surface area contributed by atoms with Gasteiger partial charge in [-0.05, 0) is 31.6 Å².